The van der Waals surface area contributed by atoms with Crippen molar-refractivity contribution in [2.45, 2.75) is 50.8 Å². The number of hydrogen-bond donors (Lipinski definition) is 2. The molecule has 0 spiro atoms. The summed E-state index contributed by atoms with van der Waals surface area (Å²) in [5, 5.41) is 12.7. The highest BCUT2D eigenvalue weighted by Crippen LogP contribution is 2.28. The van der Waals surface area contributed by atoms with Crippen molar-refractivity contribution in [3.63, 3.8) is 0 Å². The quantitative estimate of drug-likeness (QED) is 0.847. The van der Waals surface area contributed by atoms with Crippen LogP contribution in [-0.4, -0.2) is 23.7 Å². The van der Waals surface area contributed by atoms with Crippen LogP contribution in [0.25, 0.3) is 0 Å². The van der Waals surface area contributed by atoms with Crippen LogP contribution in [0.2, 0.25) is 0 Å². The molecule has 0 amide bonds. The zero-order valence-electron chi connectivity index (χ0n) is 11.8. The van der Waals surface area contributed by atoms with Gasteiger partial charge in [-0.15, -0.1) is 0 Å². The molecule has 0 bridgehead atoms. The third-order valence-corrected chi connectivity index (χ3v) is 3.93. The molecule has 4 nitrogen and oxygen atoms in total. The van der Waals surface area contributed by atoms with E-state index in [-0.39, 0.29) is 11.8 Å². The first-order chi connectivity index (χ1) is 9.91. The predicted octanol–water partition coefficient (Wildman–Crippen LogP) is 3.12. The number of nitrogens with one attached hydrogen (secondary N) is 1. The van der Waals surface area contributed by atoms with E-state index in [0.29, 0.717) is 5.56 Å². The molecule has 2 rings (SSSR count). The smallest absolute Gasteiger partial charge is 0.387 e. The average molecular weight is 299 g/mol. The van der Waals surface area contributed by atoms with Crippen molar-refractivity contribution >= 4 is 5.97 Å². The Morgan fingerprint density at radius 1 is 1.33 bits per heavy atom. The zero-order chi connectivity index (χ0) is 15.5. The summed E-state index contributed by atoms with van der Waals surface area (Å²) in [6.07, 6.45) is 4.09. The van der Waals surface area contributed by atoms with Crippen LogP contribution in [0.4, 0.5) is 8.78 Å². The van der Waals surface area contributed by atoms with Gasteiger partial charge in [0.2, 0.25) is 0 Å². The van der Waals surface area contributed by atoms with Crippen molar-refractivity contribution in [1.82, 2.24) is 5.32 Å². The highest BCUT2D eigenvalue weighted by atomic mass is 19.3. The average Bonchev–Trinajstić information content (AvgIpc) is 2.91. The molecular weight excluding hydrogens is 280 g/mol. The van der Waals surface area contributed by atoms with Crippen LogP contribution in [0.3, 0.4) is 0 Å². The first-order valence-corrected chi connectivity index (χ1v) is 6.98. The van der Waals surface area contributed by atoms with E-state index in [2.05, 4.69) is 10.1 Å². The standard InChI is InChI=1S/C15H19F2NO3/c1-15(13(19)20,18-11-4-2-3-5-11)10-6-8-12(9-7-10)21-14(16)17/h6-9,11,14,18H,2-5H2,1H3,(H,19,20). The molecular formula is C15H19F2NO3. The molecule has 0 aromatic heterocycles. The molecule has 1 unspecified atom stereocenters. The van der Waals surface area contributed by atoms with Gasteiger partial charge in [0.05, 0.1) is 0 Å². The Bertz CT molecular complexity index is 486. The molecule has 0 aliphatic heterocycles. The predicted molar refractivity (Wildman–Crippen MR) is 73.5 cm³/mol. The first-order valence-electron chi connectivity index (χ1n) is 6.98. The third kappa shape index (κ3) is 3.69. The fraction of sp³-hybridized carbons (Fsp3) is 0.533. The van der Waals surface area contributed by atoms with E-state index < -0.39 is 18.1 Å². The second-order valence-electron chi connectivity index (χ2n) is 5.46. The van der Waals surface area contributed by atoms with E-state index in [9.17, 15) is 18.7 Å². The number of ether oxygens (including phenoxy) is 1. The molecule has 1 atom stereocenters. The van der Waals surface area contributed by atoms with Crippen LogP contribution in [0.15, 0.2) is 24.3 Å². The molecule has 1 saturated carbocycles. The lowest BCUT2D eigenvalue weighted by molar-refractivity contribution is -0.145. The number of carboxylic acid groups (broad SMARTS) is 1. The van der Waals surface area contributed by atoms with E-state index >= 15 is 0 Å². The first kappa shape index (κ1) is 15.7. The molecule has 116 valence electrons. The Morgan fingerprint density at radius 2 is 1.90 bits per heavy atom. The van der Waals surface area contributed by atoms with Crippen LogP contribution in [-0.2, 0) is 10.3 Å². The van der Waals surface area contributed by atoms with Crippen molar-refractivity contribution in [3.05, 3.63) is 29.8 Å². The number of carboxylic acids is 1. The van der Waals surface area contributed by atoms with E-state index in [1.807, 2.05) is 0 Å². The number of hydrogen-bond acceptors (Lipinski definition) is 3. The number of carbonyl (C=O) groups is 1. The molecule has 0 heterocycles. The maximum absolute atomic E-state index is 12.1. The van der Waals surface area contributed by atoms with Gasteiger partial charge in [-0.05, 0) is 37.5 Å². The molecule has 2 N–H and O–H groups in total. The SMILES string of the molecule is CC(NC1CCCC1)(C(=O)O)c1ccc(OC(F)F)cc1. The molecule has 1 aromatic carbocycles. The van der Waals surface area contributed by atoms with E-state index in [4.69, 9.17) is 0 Å². The summed E-state index contributed by atoms with van der Waals surface area (Å²) in [5.74, 6) is -0.973. The number of halogens is 2. The van der Waals surface area contributed by atoms with Crippen LogP contribution >= 0.6 is 0 Å². The monoisotopic (exact) mass is 299 g/mol. The van der Waals surface area contributed by atoms with Crippen LogP contribution in [0.1, 0.15) is 38.2 Å². The topological polar surface area (TPSA) is 58.6 Å². The third-order valence-electron chi connectivity index (χ3n) is 3.93. The van der Waals surface area contributed by atoms with Gasteiger partial charge in [-0.25, -0.2) is 4.79 Å². The van der Waals surface area contributed by atoms with Gasteiger partial charge in [-0.2, -0.15) is 8.78 Å². The van der Waals surface area contributed by atoms with Crippen molar-refractivity contribution in [1.29, 1.82) is 0 Å². The molecule has 21 heavy (non-hydrogen) atoms. The second kappa shape index (κ2) is 6.39. The minimum atomic E-state index is -2.89. The van der Waals surface area contributed by atoms with E-state index in [1.165, 1.54) is 24.3 Å². The summed E-state index contributed by atoms with van der Waals surface area (Å²) in [6, 6.07) is 5.91. The van der Waals surface area contributed by atoms with Crippen molar-refractivity contribution in [2.24, 2.45) is 0 Å². The summed E-state index contributed by atoms with van der Waals surface area (Å²) in [7, 11) is 0. The van der Waals surface area contributed by atoms with Gasteiger partial charge in [0.1, 0.15) is 11.3 Å². The maximum atomic E-state index is 12.1. The summed E-state index contributed by atoms with van der Waals surface area (Å²) in [5.41, 5.74) is -0.721. The molecule has 1 fully saturated rings. The van der Waals surface area contributed by atoms with Gasteiger partial charge in [-0.3, -0.25) is 5.32 Å². The molecule has 6 heteroatoms. The number of alkyl halides is 2. The van der Waals surface area contributed by atoms with Gasteiger partial charge < -0.3 is 9.84 Å². The van der Waals surface area contributed by atoms with Gasteiger partial charge in [0.15, 0.2) is 0 Å². The molecule has 0 radical (unpaired) electrons. The van der Waals surface area contributed by atoms with Gasteiger partial charge >= 0.3 is 12.6 Å². The lowest BCUT2D eigenvalue weighted by Crippen LogP contribution is -2.50. The normalized spacial score (nSPS) is 18.7. The van der Waals surface area contributed by atoms with Gasteiger partial charge in [0.25, 0.3) is 0 Å². The Labute approximate surface area is 122 Å². The van der Waals surface area contributed by atoms with Gasteiger partial charge in [-0.1, -0.05) is 25.0 Å². The maximum Gasteiger partial charge on any atom is 0.387 e. The number of benzene rings is 1. The van der Waals surface area contributed by atoms with E-state index in [1.54, 1.807) is 6.92 Å². The lowest BCUT2D eigenvalue weighted by atomic mass is 9.90. The van der Waals surface area contributed by atoms with Crippen molar-refractivity contribution < 1.29 is 23.4 Å². The molecule has 1 aromatic rings. The van der Waals surface area contributed by atoms with Crippen LogP contribution < -0.4 is 10.1 Å². The zero-order valence-corrected chi connectivity index (χ0v) is 11.8. The Kier molecular flexibility index (Phi) is 4.77. The Balaban J connectivity index is 2.18. The van der Waals surface area contributed by atoms with Gasteiger partial charge in [0, 0.05) is 6.04 Å². The van der Waals surface area contributed by atoms with Crippen LogP contribution in [0.5, 0.6) is 5.75 Å². The fourth-order valence-corrected chi connectivity index (χ4v) is 2.72. The highest BCUT2D eigenvalue weighted by molar-refractivity contribution is 5.80. The Hall–Kier alpha value is -1.69. The van der Waals surface area contributed by atoms with Crippen molar-refractivity contribution in [3.8, 4) is 5.75 Å². The minimum absolute atomic E-state index is 0.0161. The largest absolute Gasteiger partial charge is 0.480 e. The van der Waals surface area contributed by atoms with E-state index in [0.717, 1.165) is 25.7 Å². The number of rotatable bonds is 6. The summed E-state index contributed by atoms with van der Waals surface area (Å²) in [4.78, 5) is 11.7. The number of aliphatic carboxylic acids is 1. The fourth-order valence-electron chi connectivity index (χ4n) is 2.72. The minimum Gasteiger partial charge on any atom is -0.480 e. The molecule has 0 saturated heterocycles. The summed E-state index contributed by atoms with van der Waals surface area (Å²) < 4.78 is 28.5. The molecule has 1 aliphatic rings. The van der Waals surface area contributed by atoms with Crippen LogP contribution in [0, 0.1) is 0 Å². The highest BCUT2D eigenvalue weighted by Gasteiger charge is 2.37. The summed E-state index contributed by atoms with van der Waals surface area (Å²) >= 11 is 0. The van der Waals surface area contributed by atoms with Crippen molar-refractivity contribution in [2.75, 3.05) is 0 Å². The second-order valence-corrected chi connectivity index (χ2v) is 5.46. The Morgan fingerprint density at radius 3 is 2.38 bits per heavy atom. The summed E-state index contributed by atoms with van der Waals surface area (Å²) in [6.45, 7) is -1.30. The molecule has 1 aliphatic carbocycles. The lowest BCUT2D eigenvalue weighted by Gasteiger charge is -2.30.